The lowest BCUT2D eigenvalue weighted by Gasteiger charge is -2.27. The zero-order valence-corrected chi connectivity index (χ0v) is 16.2. The highest BCUT2D eigenvalue weighted by molar-refractivity contribution is 6.06. The molecule has 0 atom stereocenters. The maximum Gasteiger partial charge on any atom is 0.254 e. The number of carbonyl (C=O) groups excluding carboxylic acids is 1. The van der Waals surface area contributed by atoms with E-state index < -0.39 is 5.82 Å². The predicted octanol–water partition coefficient (Wildman–Crippen LogP) is 4.67. The Hall–Kier alpha value is -3.61. The molecule has 1 amide bonds. The van der Waals surface area contributed by atoms with E-state index in [1.54, 1.807) is 36.1 Å². The average Bonchev–Trinajstić information content (AvgIpc) is 3.17. The Labute approximate surface area is 170 Å². The summed E-state index contributed by atoms with van der Waals surface area (Å²) in [5.41, 5.74) is 3.98. The van der Waals surface area contributed by atoms with Gasteiger partial charge in [-0.3, -0.25) is 9.78 Å². The molecule has 0 radical (unpaired) electrons. The van der Waals surface area contributed by atoms with Crippen LogP contribution in [0.2, 0.25) is 0 Å². The van der Waals surface area contributed by atoms with E-state index in [9.17, 15) is 13.6 Å². The molecule has 0 unspecified atom stereocenters. The molecule has 0 saturated carbocycles. The summed E-state index contributed by atoms with van der Waals surface area (Å²) >= 11 is 0. The van der Waals surface area contributed by atoms with Crippen LogP contribution in [-0.2, 0) is 13.0 Å². The lowest BCUT2D eigenvalue weighted by atomic mass is 10.00. The van der Waals surface area contributed by atoms with Crippen molar-refractivity contribution in [1.29, 1.82) is 0 Å². The van der Waals surface area contributed by atoms with Crippen LogP contribution < -0.4 is 0 Å². The van der Waals surface area contributed by atoms with Crippen molar-refractivity contribution in [2.45, 2.75) is 19.9 Å². The number of fused-ring (bicyclic) bond motifs is 2. The smallest absolute Gasteiger partial charge is 0.254 e. The molecule has 0 aliphatic carbocycles. The van der Waals surface area contributed by atoms with Crippen LogP contribution >= 0.6 is 0 Å². The minimum atomic E-state index is -0.416. The van der Waals surface area contributed by atoms with E-state index >= 15 is 0 Å². The van der Waals surface area contributed by atoms with Gasteiger partial charge in [0.05, 0.1) is 23.3 Å². The Morgan fingerprint density at radius 3 is 2.63 bits per heavy atom. The number of carbonyl (C=O) groups is 1. The third-order valence-electron chi connectivity index (χ3n) is 5.36. The maximum absolute atomic E-state index is 13.8. The van der Waals surface area contributed by atoms with Crippen LogP contribution in [0.15, 0.2) is 53.1 Å². The van der Waals surface area contributed by atoms with Crippen LogP contribution in [0.5, 0.6) is 0 Å². The van der Waals surface area contributed by atoms with E-state index in [-0.39, 0.29) is 11.7 Å². The van der Waals surface area contributed by atoms with Gasteiger partial charge in [0.25, 0.3) is 5.91 Å². The molecule has 2 aromatic heterocycles. The summed E-state index contributed by atoms with van der Waals surface area (Å²) in [4.78, 5) is 19.5. The lowest BCUT2D eigenvalue weighted by Crippen LogP contribution is -2.36. The van der Waals surface area contributed by atoms with Gasteiger partial charge in [-0.15, -0.1) is 0 Å². The second kappa shape index (κ2) is 7.02. The molecular weight excluding hydrogens is 388 g/mol. The molecule has 7 heteroatoms. The molecule has 5 nitrogen and oxygen atoms in total. The Kier molecular flexibility index (Phi) is 4.31. The molecule has 2 aromatic carbocycles. The van der Waals surface area contributed by atoms with Gasteiger partial charge in [-0.1, -0.05) is 5.16 Å². The SMILES string of the molecule is Cc1cc(C(=O)N2CCc3noc(-c4ccc(F)cc4)c3C2)c2cc(F)ccc2n1. The standard InChI is InChI=1S/C23H17F2N3O2/c1-13-10-18(17-11-16(25)6-7-20(17)26-13)23(29)28-9-8-21-19(12-28)22(30-27-21)14-2-4-15(24)5-3-14/h2-7,10-11H,8-9,12H2,1H3. The molecule has 1 aliphatic heterocycles. The number of hydrogen-bond donors (Lipinski definition) is 0. The van der Waals surface area contributed by atoms with Crippen LogP contribution in [0.3, 0.4) is 0 Å². The van der Waals surface area contributed by atoms with E-state index in [0.29, 0.717) is 53.0 Å². The highest BCUT2D eigenvalue weighted by Crippen LogP contribution is 2.32. The Morgan fingerprint density at radius 2 is 1.83 bits per heavy atom. The number of hydrogen-bond acceptors (Lipinski definition) is 4. The molecule has 150 valence electrons. The van der Waals surface area contributed by atoms with Gasteiger partial charge in [0, 0.05) is 35.2 Å². The predicted molar refractivity (Wildman–Crippen MR) is 107 cm³/mol. The quantitative estimate of drug-likeness (QED) is 0.486. The van der Waals surface area contributed by atoms with E-state index in [1.807, 2.05) is 0 Å². The number of aromatic nitrogens is 2. The second-order valence-corrected chi connectivity index (χ2v) is 7.39. The normalized spacial score (nSPS) is 13.5. The fourth-order valence-corrected chi connectivity index (χ4v) is 3.89. The van der Waals surface area contributed by atoms with E-state index in [4.69, 9.17) is 4.52 Å². The third-order valence-corrected chi connectivity index (χ3v) is 5.36. The summed E-state index contributed by atoms with van der Waals surface area (Å²) in [6.07, 6.45) is 0.544. The molecule has 0 N–H and O–H groups in total. The summed E-state index contributed by atoms with van der Waals surface area (Å²) < 4.78 is 32.6. The van der Waals surface area contributed by atoms with Gasteiger partial charge in [0.2, 0.25) is 0 Å². The Bertz CT molecular complexity index is 1280. The number of pyridine rings is 1. The molecule has 30 heavy (non-hydrogen) atoms. The minimum Gasteiger partial charge on any atom is -0.356 e. The van der Waals surface area contributed by atoms with Gasteiger partial charge in [-0.05, 0) is 55.5 Å². The topological polar surface area (TPSA) is 59.2 Å². The van der Waals surface area contributed by atoms with Gasteiger partial charge >= 0.3 is 0 Å². The number of rotatable bonds is 2. The second-order valence-electron chi connectivity index (χ2n) is 7.39. The van der Waals surface area contributed by atoms with Crippen LogP contribution in [-0.4, -0.2) is 27.5 Å². The van der Waals surface area contributed by atoms with Crippen LogP contribution in [0, 0.1) is 18.6 Å². The molecule has 4 aromatic rings. The van der Waals surface area contributed by atoms with Crippen molar-refractivity contribution in [3.05, 3.63) is 82.7 Å². The fourth-order valence-electron chi connectivity index (χ4n) is 3.89. The fraction of sp³-hybridized carbons (Fsp3) is 0.174. The van der Waals surface area contributed by atoms with E-state index in [0.717, 1.165) is 11.3 Å². The molecule has 0 spiro atoms. The molecular formula is C23H17F2N3O2. The third kappa shape index (κ3) is 3.12. The number of halogens is 2. The van der Waals surface area contributed by atoms with Crippen molar-refractivity contribution in [2.75, 3.05) is 6.54 Å². The Morgan fingerprint density at radius 1 is 1.07 bits per heavy atom. The number of aryl methyl sites for hydroxylation is 1. The van der Waals surface area contributed by atoms with Gasteiger partial charge in [0.1, 0.15) is 11.6 Å². The van der Waals surface area contributed by atoms with E-state index in [1.165, 1.54) is 24.3 Å². The van der Waals surface area contributed by atoms with Gasteiger partial charge in [-0.25, -0.2) is 8.78 Å². The Balaban J connectivity index is 1.52. The van der Waals surface area contributed by atoms with Crippen LogP contribution in [0.25, 0.3) is 22.2 Å². The largest absolute Gasteiger partial charge is 0.356 e. The molecule has 0 bridgehead atoms. The first kappa shape index (κ1) is 18.4. The summed E-state index contributed by atoms with van der Waals surface area (Å²) in [7, 11) is 0. The van der Waals surface area contributed by atoms with Crippen molar-refractivity contribution in [3.63, 3.8) is 0 Å². The highest BCUT2D eigenvalue weighted by Gasteiger charge is 2.29. The number of amides is 1. The maximum atomic E-state index is 13.8. The molecule has 1 aliphatic rings. The average molecular weight is 405 g/mol. The monoisotopic (exact) mass is 405 g/mol. The zero-order chi connectivity index (χ0) is 20.8. The van der Waals surface area contributed by atoms with Gasteiger partial charge in [0.15, 0.2) is 5.76 Å². The number of benzene rings is 2. The van der Waals surface area contributed by atoms with Crippen LogP contribution in [0.1, 0.15) is 27.3 Å². The first-order valence-corrected chi connectivity index (χ1v) is 9.59. The molecule has 0 fully saturated rings. The molecule has 0 saturated heterocycles. The highest BCUT2D eigenvalue weighted by atomic mass is 19.1. The first-order valence-electron chi connectivity index (χ1n) is 9.59. The number of nitrogens with zero attached hydrogens (tertiary/aromatic N) is 3. The van der Waals surface area contributed by atoms with Crippen molar-refractivity contribution in [2.24, 2.45) is 0 Å². The lowest BCUT2D eigenvalue weighted by molar-refractivity contribution is 0.0736. The molecule has 5 rings (SSSR count). The minimum absolute atomic E-state index is 0.201. The summed E-state index contributed by atoms with van der Waals surface area (Å²) in [5.74, 6) is -0.422. The zero-order valence-electron chi connectivity index (χ0n) is 16.2. The van der Waals surface area contributed by atoms with Crippen molar-refractivity contribution in [3.8, 4) is 11.3 Å². The van der Waals surface area contributed by atoms with E-state index in [2.05, 4.69) is 10.1 Å². The summed E-state index contributed by atoms with van der Waals surface area (Å²) in [6.45, 7) is 2.59. The summed E-state index contributed by atoms with van der Waals surface area (Å²) in [6, 6.07) is 11.9. The summed E-state index contributed by atoms with van der Waals surface area (Å²) in [5, 5.41) is 4.62. The van der Waals surface area contributed by atoms with Gasteiger partial charge < -0.3 is 9.42 Å². The molecule has 3 heterocycles. The van der Waals surface area contributed by atoms with Crippen molar-refractivity contribution < 1.29 is 18.1 Å². The van der Waals surface area contributed by atoms with Gasteiger partial charge in [-0.2, -0.15) is 0 Å². The first-order chi connectivity index (χ1) is 14.5. The van der Waals surface area contributed by atoms with Crippen LogP contribution in [0.4, 0.5) is 8.78 Å². The van der Waals surface area contributed by atoms with Crippen molar-refractivity contribution in [1.82, 2.24) is 15.0 Å². The van der Waals surface area contributed by atoms with Crippen molar-refractivity contribution >= 4 is 16.8 Å².